The summed E-state index contributed by atoms with van der Waals surface area (Å²) in [7, 11) is 0. The van der Waals surface area contributed by atoms with Gasteiger partial charge in [0.15, 0.2) is 0 Å². The molecule has 1 aromatic heterocycles. The number of aliphatic hydroxyl groups excluding tert-OH is 1. The smallest absolute Gasteiger partial charge is 0.393 e. The van der Waals surface area contributed by atoms with Crippen LogP contribution < -0.4 is 10.6 Å². The minimum atomic E-state index is -4.45. The number of aliphatic hydroxyl groups is 1. The largest absolute Gasteiger partial charge is 0.433 e. The second kappa shape index (κ2) is 9.03. The average Bonchev–Trinajstić information content (AvgIpc) is 2.56. The van der Waals surface area contributed by atoms with Crippen LogP contribution in [0, 0.1) is 0 Å². The minimum Gasteiger partial charge on any atom is -0.393 e. The molecule has 1 fully saturated rings. The number of carbonyl (C=O) groups is 1. The highest BCUT2D eigenvalue weighted by molar-refractivity contribution is 5.76. The van der Waals surface area contributed by atoms with Crippen molar-refractivity contribution in [3.8, 4) is 0 Å². The van der Waals surface area contributed by atoms with E-state index in [1.54, 1.807) is 0 Å². The summed E-state index contributed by atoms with van der Waals surface area (Å²) in [6.45, 7) is 0.456. The lowest BCUT2D eigenvalue weighted by molar-refractivity contribution is -0.141. The summed E-state index contributed by atoms with van der Waals surface area (Å²) >= 11 is 0. The van der Waals surface area contributed by atoms with Gasteiger partial charge in [-0.05, 0) is 50.7 Å². The average molecular weight is 359 g/mol. The molecule has 140 valence electrons. The van der Waals surface area contributed by atoms with Gasteiger partial charge in [0.2, 0.25) is 5.91 Å². The second-order valence-corrected chi connectivity index (χ2v) is 6.36. The van der Waals surface area contributed by atoms with Crippen molar-refractivity contribution in [1.29, 1.82) is 0 Å². The fourth-order valence-corrected chi connectivity index (χ4v) is 2.84. The second-order valence-electron chi connectivity index (χ2n) is 6.36. The molecule has 0 unspecified atom stereocenters. The molecule has 1 heterocycles. The highest BCUT2D eigenvalue weighted by Gasteiger charge is 2.32. The van der Waals surface area contributed by atoms with E-state index in [1.807, 2.05) is 0 Å². The maximum atomic E-state index is 12.6. The Balaban J connectivity index is 1.61. The Morgan fingerprint density at radius 1 is 1.20 bits per heavy atom. The maximum absolute atomic E-state index is 12.6. The normalized spacial score (nSPS) is 21.0. The van der Waals surface area contributed by atoms with Gasteiger partial charge in [0, 0.05) is 19.0 Å². The van der Waals surface area contributed by atoms with Crippen LogP contribution in [0.2, 0.25) is 0 Å². The van der Waals surface area contributed by atoms with Gasteiger partial charge >= 0.3 is 6.18 Å². The Kier molecular flexibility index (Phi) is 7.04. The number of pyridine rings is 1. The molecule has 0 spiro atoms. The number of rotatable bonds is 7. The lowest BCUT2D eigenvalue weighted by Gasteiger charge is -2.26. The number of hydrogen-bond donors (Lipinski definition) is 3. The van der Waals surface area contributed by atoms with Gasteiger partial charge in [-0.25, -0.2) is 4.98 Å². The summed E-state index contributed by atoms with van der Waals surface area (Å²) in [6, 6.07) is 3.87. The summed E-state index contributed by atoms with van der Waals surface area (Å²) in [5, 5.41) is 15.2. The number of hydrogen-bond acceptors (Lipinski definition) is 4. The van der Waals surface area contributed by atoms with Gasteiger partial charge in [0.05, 0.1) is 6.10 Å². The zero-order valence-corrected chi connectivity index (χ0v) is 14.0. The van der Waals surface area contributed by atoms with Crippen LogP contribution in [0.3, 0.4) is 0 Å². The van der Waals surface area contributed by atoms with E-state index in [4.69, 9.17) is 0 Å². The first-order chi connectivity index (χ1) is 11.8. The van der Waals surface area contributed by atoms with Crippen molar-refractivity contribution in [2.45, 2.75) is 63.3 Å². The third kappa shape index (κ3) is 6.89. The molecule has 1 saturated carbocycles. The molecule has 1 aliphatic rings. The van der Waals surface area contributed by atoms with Crippen LogP contribution in [0.15, 0.2) is 18.2 Å². The molecular weight excluding hydrogens is 335 g/mol. The molecule has 0 bridgehead atoms. The number of unbranched alkanes of at least 4 members (excludes halogenated alkanes) is 1. The number of aromatic nitrogens is 1. The zero-order chi connectivity index (χ0) is 18.3. The summed E-state index contributed by atoms with van der Waals surface area (Å²) < 4.78 is 37.7. The van der Waals surface area contributed by atoms with Crippen LogP contribution in [-0.4, -0.2) is 34.7 Å². The van der Waals surface area contributed by atoms with Crippen LogP contribution >= 0.6 is 0 Å². The number of halogens is 3. The molecule has 25 heavy (non-hydrogen) atoms. The quantitative estimate of drug-likeness (QED) is 0.654. The van der Waals surface area contributed by atoms with Crippen LogP contribution in [0.1, 0.15) is 50.6 Å². The summed E-state index contributed by atoms with van der Waals surface area (Å²) in [4.78, 5) is 15.4. The number of nitrogens with one attached hydrogen (secondary N) is 2. The van der Waals surface area contributed by atoms with Crippen molar-refractivity contribution in [3.63, 3.8) is 0 Å². The molecule has 1 aromatic rings. The topological polar surface area (TPSA) is 74.2 Å². The van der Waals surface area contributed by atoms with E-state index in [0.717, 1.165) is 31.7 Å². The van der Waals surface area contributed by atoms with E-state index in [9.17, 15) is 23.1 Å². The Labute approximate surface area is 145 Å². The monoisotopic (exact) mass is 359 g/mol. The number of amides is 1. The summed E-state index contributed by atoms with van der Waals surface area (Å²) in [5.74, 6) is 0.165. The van der Waals surface area contributed by atoms with E-state index in [2.05, 4.69) is 15.6 Å². The highest BCUT2D eigenvalue weighted by atomic mass is 19.4. The first-order valence-electron chi connectivity index (χ1n) is 8.60. The van der Waals surface area contributed by atoms with E-state index in [-0.39, 0.29) is 23.9 Å². The van der Waals surface area contributed by atoms with E-state index < -0.39 is 11.9 Å². The van der Waals surface area contributed by atoms with Crippen molar-refractivity contribution >= 4 is 11.7 Å². The standard InChI is InChI=1S/C17H24F3N3O2/c18-17(19,20)14-4-3-5-15(23-14)21-11-2-1-6-16(25)22-12-7-9-13(24)10-8-12/h3-5,12-13,24H,1-2,6-11H2,(H,21,23)(H,22,25). The molecular formula is C17H24F3N3O2. The molecule has 0 radical (unpaired) electrons. The van der Waals surface area contributed by atoms with Crippen molar-refractivity contribution in [2.24, 2.45) is 0 Å². The molecule has 0 aromatic carbocycles. The van der Waals surface area contributed by atoms with Gasteiger partial charge in [-0.15, -0.1) is 0 Å². The van der Waals surface area contributed by atoms with Crippen LogP contribution in [-0.2, 0) is 11.0 Å². The third-order valence-corrected chi connectivity index (χ3v) is 4.24. The van der Waals surface area contributed by atoms with Crippen LogP contribution in [0.4, 0.5) is 19.0 Å². The first kappa shape index (κ1) is 19.5. The molecule has 0 atom stereocenters. The Morgan fingerprint density at radius 2 is 1.92 bits per heavy atom. The van der Waals surface area contributed by atoms with Gasteiger partial charge in [0.1, 0.15) is 11.5 Å². The summed E-state index contributed by atoms with van der Waals surface area (Å²) in [5.41, 5.74) is -0.922. The summed E-state index contributed by atoms with van der Waals surface area (Å²) in [6.07, 6.45) is 0.0378. The molecule has 1 amide bonds. The third-order valence-electron chi connectivity index (χ3n) is 4.24. The van der Waals surface area contributed by atoms with Crippen LogP contribution in [0.25, 0.3) is 0 Å². The molecule has 1 aliphatic carbocycles. The highest BCUT2D eigenvalue weighted by Crippen LogP contribution is 2.28. The van der Waals surface area contributed by atoms with E-state index in [1.165, 1.54) is 12.1 Å². The van der Waals surface area contributed by atoms with Gasteiger partial charge in [-0.2, -0.15) is 13.2 Å². The van der Waals surface area contributed by atoms with Gasteiger partial charge in [-0.3, -0.25) is 4.79 Å². The van der Waals surface area contributed by atoms with Crippen LogP contribution in [0.5, 0.6) is 0 Å². The van der Waals surface area contributed by atoms with Gasteiger partial charge < -0.3 is 15.7 Å². The molecule has 2 rings (SSSR count). The molecule has 8 heteroatoms. The molecule has 0 aliphatic heterocycles. The first-order valence-corrected chi connectivity index (χ1v) is 8.60. The van der Waals surface area contributed by atoms with Crippen molar-refractivity contribution in [1.82, 2.24) is 10.3 Å². The van der Waals surface area contributed by atoms with Crippen molar-refractivity contribution in [3.05, 3.63) is 23.9 Å². The fourth-order valence-electron chi connectivity index (χ4n) is 2.84. The fraction of sp³-hybridized carbons (Fsp3) is 0.647. The predicted octanol–water partition coefficient (Wildman–Crippen LogP) is 3.10. The minimum absolute atomic E-state index is 0.0152. The number of nitrogens with zero attached hydrogens (tertiary/aromatic N) is 1. The Bertz CT molecular complexity index is 558. The zero-order valence-electron chi connectivity index (χ0n) is 14.0. The number of alkyl halides is 3. The van der Waals surface area contributed by atoms with Gasteiger partial charge in [-0.1, -0.05) is 6.07 Å². The van der Waals surface area contributed by atoms with E-state index >= 15 is 0 Å². The lowest BCUT2D eigenvalue weighted by atomic mass is 9.93. The SMILES string of the molecule is O=C(CCCCNc1cccc(C(F)(F)F)n1)NC1CCC(O)CC1. The Morgan fingerprint density at radius 3 is 2.60 bits per heavy atom. The predicted molar refractivity (Wildman–Crippen MR) is 88.0 cm³/mol. The molecule has 5 nitrogen and oxygen atoms in total. The molecule has 3 N–H and O–H groups in total. The van der Waals surface area contributed by atoms with Gasteiger partial charge in [0.25, 0.3) is 0 Å². The lowest BCUT2D eigenvalue weighted by Crippen LogP contribution is -2.38. The maximum Gasteiger partial charge on any atom is 0.433 e. The number of anilines is 1. The van der Waals surface area contributed by atoms with E-state index in [0.29, 0.717) is 25.8 Å². The van der Waals surface area contributed by atoms with Crippen molar-refractivity contribution in [2.75, 3.05) is 11.9 Å². The number of carbonyl (C=O) groups excluding carboxylic acids is 1. The van der Waals surface area contributed by atoms with Crippen molar-refractivity contribution < 1.29 is 23.1 Å². The Hall–Kier alpha value is -1.83. The molecule has 0 saturated heterocycles.